The summed E-state index contributed by atoms with van der Waals surface area (Å²) in [4.78, 5) is 1.82. The summed E-state index contributed by atoms with van der Waals surface area (Å²) in [5.41, 5.74) is 0. The third-order valence-electron chi connectivity index (χ3n) is 2.70. The monoisotopic (exact) mass is 189 g/mol. The zero-order valence-corrected chi connectivity index (χ0v) is 8.26. The van der Waals surface area contributed by atoms with Gasteiger partial charge in [-0.05, 0) is 26.8 Å². The highest BCUT2D eigenvalue weighted by Gasteiger charge is 2.43. The highest BCUT2D eigenvalue weighted by molar-refractivity contribution is 4.96. The fourth-order valence-electron chi connectivity index (χ4n) is 1.71. The number of hydrogen-bond acceptors (Lipinski definition) is 1. The van der Waals surface area contributed by atoms with Gasteiger partial charge < -0.3 is 0 Å². The Labute approximate surface area is 78.4 Å². The molecule has 1 aliphatic rings. The lowest BCUT2D eigenvalue weighted by Crippen LogP contribution is -2.50. The average molecular weight is 189 g/mol. The van der Waals surface area contributed by atoms with Crippen LogP contribution in [-0.4, -0.2) is 30.0 Å². The minimum absolute atomic E-state index is 0.124. The van der Waals surface area contributed by atoms with E-state index in [2.05, 4.69) is 6.58 Å². The van der Waals surface area contributed by atoms with Crippen LogP contribution in [0.2, 0.25) is 0 Å². The van der Waals surface area contributed by atoms with Crippen LogP contribution in [0.15, 0.2) is 12.7 Å². The maximum Gasteiger partial charge on any atom is 0.266 e. The van der Waals surface area contributed by atoms with Crippen molar-refractivity contribution in [3.8, 4) is 0 Å². The quantitative estimate of drug-likeness (QED) is 0.603. The second-order valence-electron chi connectivity index (χ2n) is 3.96. The van der Waals surface area contributed by atoms with Gasteiger partial charge in [0.1, 0.15) is 0 Å². The van der Waals surface area contributed by atoms with Crippen molar-refractivity contribution in [1.29, 1.82) is 0 Å². The van der Waals surface area contributed by atoms with Gasteiger partial charge in [0, 0.05) is 12.0 Å². The first-order valence-electron chi connectivity index (χ1n) is 4.72. The molecule has 1 nitrogen and oxygen atoms in total. The normalized spacial score (nSPS) is 29.2. The topological polar surface area (TPSA) is 3.24 Å². The predicted molar refractivity (Wildman–Crippen MR) is 50.0 cm³/mol. The van der Waals surface area contributed by atoms with Crippen molar-refractivity contribution in [2.75, 3.05) is 13.1 Å². The standard InChI is InChI=1S/C10H17F2N/c1-4-9-5-6-13(8(2)3)7-10(9,11)12/h4,8-9H,1,5-7H2,2-3H3. The Bertz CT molecular complexity index is 189. The molecule has 0 spiro atoms. The lowest BCUT2D eigenvalue weighted by Gasteiger charge is -2.39. The van der Waals surface area contributed by atoms with Crippen molar-refractivity contribution >= 4 is 0 Å². The molecule has 0 radical (unpaired) electrons. The third kappa shape index (κ3) is 2.27. The molecule has 0 aromatic rings. The molecule has 13 heavy (non-hydrogen) atoms. The molecule has 0 bridgehead atoms. The van der Waals surface area contributed by atoms with E-state index in [1.807, 2.05) is 18.7 Å². The highest BCUT2D eigenvalue weighted by Crippen LogP contribution is 2.34. The SMILES string of the molecule is C=CC1CCN(C(C)C)CC1(F)F. The highest BCUT2D eigenvalue weighted by atomic mass is 19.3. The molecule has 0 saturated carbocycles. The lowest BCUT2D eigenvalue weighted by atomic mass is 9.92. The first-order chi connectivity index (χ1) is 5.97. The molecule has 1 atom stereocenters. The Morgan fingerprint density at radius 1 is 1.54 bits per heavy atom. The molecule has 76 valence electrons. The molecule has 1 rings (SSSR count). The van der Waals surface area contributed by atoms with Crippen molar-refractivity contribution in [1.82, 2.24) is 4.90 Å². The Morgan fingerprint density at radius 2 is 2.15 bits per heavy atom. The second-order valence-corrected chi connectivity index (χ2v) is 3.96. The van der Waals surface area contributed by atoms with Gasteiger partial charge >= 0.3 is 0 Å². The summed E-state index contributed by atoms with van der Waals surface area (Å²) >= 11 is 0. The van der Waals surface area contributed by atoms with Gasteiger partial charge in [-0.1, -0.05) is 6.08 Å². The Balaban J connectivity index is 2.64. The molecule has 1 saturated heterocycles. The van der Waals surface area contributed by atoms with E-state index in [0.717, 1.165) is 6.54 Å². The molecule has 1 unspecified atom stereocenters. The molecular formula is C10H17F2N. The van der Waals surface area contributed by atoms with E-state index >= 15 is 0 Å². The van der Waals surface area contributed by atoms with Gasteiger partial charge in [0.05, 0.1) is 6.54 Å². The number of allylic oxidation sites excluding steroid dienone is 1. The van der Waals surface area contributed by atoms with Crippen molar-refractivity contribution < 1.29 is 8.78 Å². The molecular weight excluding hydrogens is 172 g/mol. The van der Waals surface area contributed by atoms with Crippen LogP contribution in [0.3, 0.4) is 0 Å². The Kier molecular flexibility index (Phi) is 3.06. The number of alkyl halides is 2. The number of hydrogen-bond donors (Lipinski definition) is 0. The van der Waals surface area contributed by atoms with E-state index in [0.29, 0.717) is 6.42 Å². The third-order valence-corrected chi connectivity index (χ3v) is 2.70. The van der Waals surface area contributed by atoms with E-state index < -0.39 is 11.8 Å². The van der Waals surface area contributed by atoms with Gasteiger partial charge in [0.15, 0.2) is 0 Å². The summed E-state index contributed by atoms with van der Waals surface area (Å²) in [6.07, 6.45) is 1.91. The predicted octanol–water partition coefficient (Wildman–Crippen LogP) is 2.54. The van der Waals surface area contributed by atoms with Gasteiger partial charge in [0.25, 0.3) is 5.92 Å². The van der Waals surface area contributed by atoms with Crippen LogP contribution in [0.5, 0.6) is 0 Å². The van der Waals surface area contributed by atoms with Crippen molar-refractivity contribution in [2.45, 2.75) is 32.2 Å². The van der Waals surface area contributed by atoms with Crippen LogP contribution in [0.4, 0.5) is 8.78 Å². The number of nitrogens with zero attached hydrogens (tertiary/aromatic N) is 1. The maximum atomic E-state index is 13.4. The fraction of sp³-hybridized carbons (Fsp3) is 0.800. The van der Waals surface area contributed by atoms with Crippen LogP contribution >= 0.6 is 0 Å². The van der Waals surface area contributed by atoms with Gasteiger partial charge in [-0.3, -0.25) is 4.90 Å². The summed E-state index contributed by atoms with van der Waals surface area (Å²) in [6.45, 7) is 7.98. The summed E-state index contributed by atoms with van der Waals surface area (Å²) in [6, 6.07) is 0.205. The number of halogens is 2. The first-order valence-corrected chi connectivity index (χ1v) is 4.72. The van der Waals surface area contributed by atoms with Crippen LogP contribution < -0.4 is 0 Å². The molecule has 0 aromatic heterocycles. The minimum atomic E-state index is -2.59. The van der Waals surface area contributed by atoms with Crippen LogP contribution in [-0.2, 0) is 0 Å². The van der Waals surface area contributed by atoms with E-state index in [9.17, 15) is 8.78 Å². The van der Waals surface area contributed by atoms with Gasteiger partial charge in [-0.2, -0.15) is 0 Å². The van der Waals surface area contributed by atoms with Crippen molar-refractivity contribution in [3.05, 3.63) is 12.7 Å². The molecule has 3 heteroatoms. The van der Waals surface area contributed by atoms with Gasteiger partial charge in [0.2, 0.25) is 0 Å². The van der Waals surface area contributed by atoms with Crippen LogP contribution in [0, 0.1) is 5.92 Å². The molecule has 0 amide bonds. The van der Waals surface area contributed by atoms with Crippen molar-refractivity contribution in [2.24, 2.45) is 5.92 Å². The molecule has 0 aliphatic carbocycles. The Hall–Kier alpha value is -0.440. The van der Waals surface area contributed by atoms with E-state index in [1.54, 1.807) is 0 Å². The lowest BCUT2D eigenvalue weighted by molar-refractivity contribution is -0.101. The average Bonchev–Trinajstić information content (AvgIpc) is 2.02. The maximum absolute atomic E-state index is 13.4. The van der Waals surface area contributed by atoms with E-state index in [-0.39, 0.29) is 12.6 Å². The number of piperidine rings is 1. The largest absolute Gasteiger partial charge is 0.295 e. The van der Waals surface area contributed by atoms with Gasteiger partial charge in [-0.15, -0.1) is 6.58 Å². The molecule has 1 fully saturated rings. The fourth-order valence-corrected chi connectivity index (χ4v) is 1.71. The molecule has 0 aromatic carbocycles. The van der Waals surface area contributed by atoms with Crippen LogP contribution in [0.1, 0.15) is 20.3 Å². The summed E-state index contributed by atoms with van der Waals surface area (Å²) in [7, 11) is 0. The Morgan fingerprint density at radius 3 is 2.54 bits per heavy atom. The van der Waals surface area contributed by atoms with Crippen LogP contribution in [0.25, 0.3) is 0 Å². The molecule has 1 heterocycles. The van der Waals surface area contributed by atoms with E-state index in [1.165, 1.54) is 6.08 Å². The summed E-state index contributed by atoms with van der Waals surface area (Å²) < 4.78 is 26.7. The number of likely N-dealkylation sites (tertiary alicyclic amines) is 1. The first kappa shape index (κ1) is 10.6. The van der Waals surface area contributed by atoms with E-state index in [4.69, 9.17) is 0 Å². The van der Waals surface area contributed by atoms with Crippen molar-refractivity contribution in [3.63, 3.8) is 0 Å². The van der Waals surface area contributed by atoms with Gasteiger partial charge in [-0.25, -0.2) is 8.78 Å². The molecule has 0 N–H and O–H groups in total. The zero-order valence-electron chi connectivity index (χ0n) is 8.26. The smallest absolute Gasteiger partial charge is 0.266 e. The zero-order chi connectivity index (χ0) is 10.1. The summed E-state index contributed by atoms with van der Waals surface area (Å²) in [5, 5.41) is 0. The molecule has 1 aliphatic heterocycles. The minimum Gasteiger partial charge on any atom is -0.295 e. The second kappa shape index (κ2) is 3.74. The summed E-state index contributed by atoms with van der Waals surface area (Å²) in [5.74, 6) is -3.23. The number of rotatable bonds is 2.